The first-order chi connectivity index (χ1) is 12.4. The lowest BCUT2D eigenvalue weighted by Gasteiger charge is -2.17. The number of nitrogens with zero attached hydrogens (tertiary/aromatic N) is 1. The molecular formula is C19H23ClN2O4. The van der Waals surface area contributed by atoms with Crippen molar-refractivity contribution in [3.05, 3.63) is 29.0 Å². The van der Waals surface area contributed by atoms with E-state index in [2.05, 4.69) is 12.2 Å². The topological polar surface area (TPSA) is 71.8 Å². The van der Waals surface area contributed by atoms with E-state index in [0.29, 0.717) is 29.4 Å². The Bertz CT molecular complexity index is 832. The summed E-state index contributed by atoms with van der Waals surface area (Å²) in [7, 11) is 1.53. The molecule has 1 aromatic heterocycles. The van der Waals surface area contributed by atoms with Crippen LogP contribution in [0, 0.1) is 5.92 Å². The van der Waals surface area contributed by atoms with Crippen LogP contribution in [-0.2, 0) is 4.79 Å². The number of carbonyl (C=O) groups is 2. The lowest BCUT2D eigenvalue weighted by atomic mass is 9.98. The fourth-order valence-electron chi connectivity index (χ4n) is 3.62. The summed E-state index contributed by atoms with van der Waals surface area (Å²) in [5.74, 6) is 0.732. The molecule has 2 unspecified atom stereocenters. The van der Waals surface area contributed by atoms with Gasteiger partial charge in [-0.1, -0.05) is 24.9 Å². The van der Waals surface area contributed by atoms with Gasteiger partial charge < -0.3 is 19.4 Å². The van der Waals surface area contributed by atoms with Crippen LogP contribution in [0.4, 0.5) is 0 Å². The van der Waals surface area contributed by atoms with Gasteiger partial charge in [0.1, 0.15) is 0 Å². The van der Waals surface area contributed by atoms with Gasteiger partial charge in [0.25, 0.3) is 5.91 Å². The summed E-state index contributed by atoms with van der Waals surface area (Å²) in [5, 5.41) is 4.20. The summed E-state index contributed by atoms with van der Waals surface area (Å²) in [5.41, 5.74) is 0.503. The van der Waals surface area contributed by atoms with Crippen molar-refractivity contribution in [1.82, 2.24) is 10.2 Å². The molecule has 1 aliphatic heterocycles. The van der Waals surface area contributed by atoms with E-state index in [9.17, 15) is 9.59 Å². The van der Waals surface area contributed by atoms with Crippen LogP contribution >= 0.6 is 11.6 Å². The lowest BCUT2D eigenvalue weighted by molar-refractivity contribution is -0.119. The summed E-state index contributed by atoms with van der Waals surface area (Å²) in [6.07, 6.45) is 1.96. The maximum absolute atomic E-state index is 12.9. The Hall–Kier alpha value is -2.21. The summed E-state index contributed by atoms with van der Waals surface area (Å²) < 4.78 is 11.1. The van der Waals surface area contributed by atoms with Crippen molar-refractivity contribution in [3.63, 3.8) is 0 Å². The first kappa shape index (κ1) is 18.6. The zero-order valence-electron chi connectivity index (χ0n) is 15.2. The molecule has 2 amide bonds. The molecule has 0 radical (unpaired) electrons. The number of rotatable bonds is 5. The molecule has 1 aromatic carbocycles. The SMILES string of the molecule is CCCC1CN(C(=O)c2cc3cc(Cl)cc(OC)c3o2)CC1NC(C)=O. The Morgan fingerprint density at radius 3 is 2.77 bits per heavy atom. The van der Waals surface area contributed by atoms with Crippen molar-refractivity contribution < 1.29 is 18.7 Å². The van der Waals surface area contributed by atoms with Crippen molar-refractivity contribution in [2.24, 2.45) is 5.92 Å². The van der Waals surface area contributed by atoms with Crippen molar-refractivity contribution >= 4 is 34.4 Å². The van der Waals surface area contributed by atoms with Gasteiger partial charge in [0, 0.05) is 36.5 Å². The normalized spacial score (nSPS) is 19.8. The number of furan rings is 1. The van der Waals surface area contributed by atoms with Gasteiger partial charge in [-0.15, -0.1) is 0 Å². The number of benzene rings is 1. The van der Waals surface area contributed by atoms with Crippen LogP contribution in [0.2, 0.25) is 5.02 Å². The number of fused-ring (bicyclic) bond motifs is 1. The van der Waals surface area contributed by atoms with Gasteiger partial charge in [0.05, 0.1) is 13.2 Å². The fraction of sp³-hybridized carbons (Fsp3) is 0.474. The third-order valence-electron chi connectivity index (χ3n) is 4.75. The maximum Gasteiger partial charge on any atom is 0.289 e. The maximum atomic E-state index is 12.9. The quantitative estimate of drug-likeness (QED) is 0.864. The van der Waals surface area contributed by atoms with Crippen LogP contribution in [0.5, 0.6) is 5.75 Å². The second-order valence-electron chi connectivity index (χ2n) is 6.70. The molecule has 1 fully saturated rings. The Morgan fingerprint density at radius 1 is 1.35 bits per heavy atom. The van der Waals surface area contributed by atoms with E-state index >= 15 is 0 Å². The number of amides is 2. The molecule has 0 spiro atoms. The van der Waals surface area contributed by atoms with Crippen molar-refractivity contribution in [3.8, 4) is 5.75 Å². The van der Waals surface area contributed by atoms with Gasteiger partial charge in [-0.2, -0.15) is 0 Å². The molecule has 6 nitrogen and oxygen atoms in total. The smallest absolute Gasteiger partial charge is 0.289 e. The number of ether oxygens (including phenoxy) is 1. The van der Waals surface area contributed by atoms with E-state index in [1.807, 2.05) is 0 Å². The van der Waals surface area contributed by atoms with Crippen LogP contribution in [0.15, 0.2) is 22.6 Å². The molecule has 1 aliphatic rings. The van der Waals surface area contributed by atoms with E-state index < -0.39 is 0 Å². The first-order valence-electron chi connectivity index (χ1n) is 8.76. The summed E-state index contributed by atoms with van der Waals surface area (Å²) in [6.45, 7) is 4.69. The van der Waals surface area contributed by atoms with Crippen molar-refractivity contribution in [2.75, 3.05) is 20.2 Å². The lowest BCUT2D eigenvalue weighted by Crippen LogP contribution is -2.39. The number of likely N-dealkylation sites (tertiary alicyclic amines) is 1. The van der Waals surface area contributed by atoms with Crippen LogP contribution in [0.3, 0.4) is 0 Å². The zero-order chi connectivity index (χ0) is 18.8. The fourth-order valence-corrected chi connectivity index (χ4v) is 3.84. The Labute approximate surface area is 157 Å². The second-order valence-corrected chi connectivity index (χ2v) is 7.14. The average molecular weight is 379 g/mol. The predicted octanol–water partition coefficient (Wildman–Crippen LogP) is 3.47. The third-order valence-corrected chi connectivity index (χ3v) is 4.97. The molecule has 1 saturated heterocycles. The molecule has 3 rings (SSSR count). The minimum Gasteiger partial charge on any atom is -0.493 e. The highest BCUT2D eigenvalue weighted by atomic mass is 35.5. The standard InChI is InChI=1S/C19H23ClN2O4/c1-4-5-12-9-22(10-15(12)21-11(2)23)19(24)17-7-13-6-14(20)8-16(25-3)18(13)26-17/h6-8,12,15H,4-5,9-10H2,1-3H3,(H,21,23). The number of hydrogen-bond acceptors (Lipinski definition) is 4. The third kappa shape index (κ3) is 3.65. The highest BCUT2D eigenvalue weighted by Gasteiger charge is 2.36. The van der Waals surface area contributed by atoms with Crippen molar-refractivity contribution in [2.45, 2.75) is 32.7 Å². The van der Waals surface area contributed by atoms with E-state index in [4.69, 9.17) is 20.8 Å². The van der Waals surface area contributed by atoms with Crippen LogP contribution in [0.25, 0.3) is 11.0 Å². The zero-order valence-corrected chi connectivity index (χ0v) is 15.9. The number of carbonyl (C=O) groups excluding carboxylic acids is 2. The molecule has 2 heterocycles. The van der Waals surface area contributed by atoms with E-state index in [1.165, 1.54) is 14.0 Å². The molecule has 0 saturated carbocycles. The molecule has 140 valence electrons. The second kappa shape index (κ2) is 7.58. The highest BCUT2D eigenvalue weighted by molar-refractivity contribution is 6.31. The monoisotopic (exact) mass is 378 g/mol. The van der Waals surface area contributed by atoms with E-state index in [0.717, 1.165) is 18.2 Å². The van der Waals surface area contributed by atoms with Crippen LogP contribution < -0.4 is 10.1 Å². The van der Waals surface area contributed by atoms with E-state index in [1.54, 1.807) is 23.1 Å². The molecule has 0 bridgehead atoms. The van der Waals surface area contributed by atoms with Gasteiger partial charge in [0.15, 0.2) is 17.1 Å². The Kier molecular flexibility index (Phi) is 5.41. The van der Waals surface area contributed by atoms with Gasteiger partial charge in [0.2, 0.25) is 5.91 Å². The highest BCUT2D eigenvalue weighted by Crippen LogP contribution is 2.33. The number of nitrogens with one attached hydrogen (secondary N) is 1. The number of halogens is 1. The van der Waals surface area contributed by atoms with Gasteiger partial charge in [-0.05, 0) is 24.5 Å². The Balaban J connectivity index is 1.85. The first-order valence-corrected chi connectivity index (χ1v) is 9.14. The predicted molar refractivity (Wildman–Crippen MR) is 99.7 cm³/mol. The van der Waals surface area contributed by atoms with Crippen LogP contribution in [0.1, 0.15) is 37.2 Å². The molecular weight excluding hydrogens is 356 g/mol. The number of methoxy groups -OCH3 is 1. The summed E-state index contributed by atoms with van der Waals surface area (Å²) in [4.78, 5) is 26.1. The van der Waals surface area contributed by atoms with Gasteiger partial charge in [-0.3, -0.25) is 9.59 Å². The minimum absolute atomic E-state index is 0.0234. The minimum atomic E-state index is -0.187. The molecule has 26 heavy (non-hydrogen) atoms. The Morgan fingerprint density at radius 2 is 2.12 bits per heavy atom. The van der Waals surface area contributed by atoms with Gasteiger partial charge in [-0.25, -0.2) is 0 Å². The largest absolute Gasteiger partial charge is 0.493 e. The summed E-state index contributed by atoms with van der Waals surface area (Å²) >= 11 is 6.08. The average Bonchev–Trinajstić information content (AvgIpc) is 3.17. The molecule has 2 atom stereocenters. The molecule has 2 aromatic rings. The van der Waals surface area contributed by atoms with E-state index in [-0.39, 0.29) is 29.5 Å². The number of hydrogen-bond donors (Lipinski definition) is 1. The molecule has 7 heteroatoms. The molecule has 1 N–H and O–H groups in total. The summed E-state index contributed by atoms with van der Waals surface area (Å²) in [6, 6.07) is 5.06. The van der Waals surface area contributed by atoms with Gasteiger partial charge >= 0.3 is 0 Å². The molecule has 0 aliphatic carbocycles. The van der Waals surface area contributed by atoms with Crippen LogP contribution in [-0.4, -0.2) is 43.0 Å². The van der Waals surface area contributed by atoms with Crippen molar-refractivity contribution in [1.29, 1.82) is 0 Å².